The second-order valence-electron chi connectivity index (χ2n) is 6.75. The molecule has 0 spiro atoms. The van der Waals surface area contributed by atoms with Crippen LogP contribution in [0.3, 0.4) is 0 Å². The van der Waals surface area contributed by atoms with Gasteiger partial charge in [0.2, 0.25) is 5.78 Å². The lowest BCUT2D eigenvalue weighted by Gasteiger charge is -2.11. The third-order valence-corrected chi connectivity index (χ3v) is 5.91. The molecule has 0 saturated carbocycles. The predicted molar refractivity (Wildman–Crippen MR) is 119 cm³/mol. The van der Waals surface area contributed by atoms with Crippen LogP contribution in [0.4, 0.5) is 0 Å². The number of thioether (sulfide) groups is 1. The maximum Gasteiger partial charge on any atom is 0.267 e. The summed E-state index contributed by atoms with van der Waals surface area (Å²) in [6.45, 7) is 0. The normalized spacial score (nSPS) is 11.2. The first kappa shape index (κ1) is 18.4. The Kier molecular flexibility index (Phi) is 4.72. The number of ether oxygens (including phenoxy) is 1. The number of benzene rings is 3. The molecule has 0 saturated heterocycles. The summed E-state index contributed by atoms with van der Waals surface area (Å²) >= 11 is 1.57. The zero-order chi connectivity index (χ0) is 20.5. The third-order valence-electron chi connectivity index (χ3n) is 4.91. The van der Waals surface area contributed by atoms with Crippen LogP contribution >= 0.6 is 11.8 Å². The molecule has 0 atom stereocenters. The molecule has 3 aromatic carbocycles. The van der Waals surface area contributed by atoms with Crippen LogP contribution in [0.5, 0.6) is 5.75 Å². The predicted octanol–water partition coefficient (Wildman–Crippen LogP) is 4.33. The molecule has 5 rings (SSSR count). The molecule has 6 nitrogen and oxygen atoms in total. The minimum Gasteiger partial charge on any atom is -0.497 e. The Morgan fingerprint density at radius 3 is 2.57 bits per heavy atom. The van der Waals surface area contributed by atoms with Crippen molar-refractivity contribution in [2.24, 2.45) is 0 Å². The Morgan fingerprint density at radius 1 is 0.933 bits per heavy atom. The second-order valence-corrected chi connectivity index (χ2v) is 7.69. The van der Waals surface area contributed by atoms with Crippen LogP contribution in [0.25, 0.3) is 22.4 Å². The lowest BCUT2D eigenvalue weighted by atomic mass is 10.2. The molecule has 148 valence electrons. The molecule has 0 N–H and O–H groups in total. The van der Waals surface area contributed by atoms with Gasteiger partial charge in [-0.2, -0.15) is 0 Å². The van der Waals surface area contributed by atoms with Gasteiger partial charge < -0.3 is 4.74 Å². The number of aromatic nitrogens is 4. The van der Waals surface area contributed by atoms with Crippen molar-refractivity contribution in [3.63, 3.8) is 0 Å². The molecule has 0 amide bonds. The van der Waals surface area contributed by atoms with Gasteiger partial charge in [-0.3, -0.25) is 9.20 Å². The number of hydrogen-bond acceptors (Lipinski definition) is 5. The van der Waals surface area contributed by atoms with Crippen molar-refractivity contribution in [1.29, 1.82) is 0 Å². The Bertz CT molecular complexity index is 1410. The van der Waals surface area contributed by atoms with Crippen LogP contribution < -0.4 is 10.3 Å². The highest BCUT2D eigenvalue weighted by Gasteiger charge is 2.17. The van der Waals surface area contributed by atoms with Gasteiger partial charge in [-0.15, -0.1) is 10.2 Å². The molecular weight excluding hydrogens is 396 g/mol. The summed E-state index contributed by atoms with van der Waals surface area (Å²) in [6, 6.07) is 25.0. The van der Waals surface area contributed by atoms with Gasteiger partial charge in [0.1, 0.15) is 5.75 Å². The molecule has 0 bridgehead atoms. The molecule has 2 heterocycles. The minimum atomic E-state index is -0.110. The second kappa shape index (κ2) is 7.68. The summed E-state index contributed by atoms with van der Waals surface area (Å²) < 4.78 is 8.89. The van der Waals surface area contributed by atoms with Gasteiger partial charge in [-0.05, 0) is 42.0 Å². The van der Waals surface area contributed by atoms with Gasteiger partial charge in [-0.1, -0.05) is 54.2 Å². The Morgan fingerprint density at radius 2 is 1.73 bits per heavy atom. The Labute approximate surface area is 176 Å². The van der Waals surface area contributed by atoms with E-state index in [9.17, 15) is 4.79 Å². The average molecular weight is 414 g/mol. The molecule has 0 fully saturated rings. The minimum absolute atomic E-state index is 0.110. The van der Waals surface area contributed by atoms with Crippen LogP contribution in [0, 0.1) is 0 Å². The van der Waals surface area contributed by atoms with E-state index in [1.807, 2.05) is 77.2 Å². The number of nitrogens with zero attached hydrogens (tertiary/aromatic N) is 4. The summed E-state index contributed by atoms with van der Waals surface area (Å²) in [5.41, 5.74) is 2.57. The monoisotopic (exact) mass is 414 g/mol. The molecular formula is C23H18N4O2S. The topological polar surface area (TPSA) is 61.4 Å². The molecule has 2 aromatic heterocycles. The van der Waals surface area contributed by atoms with E-state index in [4.69, 9.17) is 4.74 Å². The van der Waals surface area contributed by atoms with Crippen molar-refractivity contribution in [3.8, 4) is 11.4 Å². The molecule has 0 unspecified atom stereocenters. The smallest absolute Gasteiger partial charge is 0.267 e. The number of hydrogen-bond donors (Lipinski definition) is 0. The molecule has 5 aromatic rings. The first-order valence-electron chi connectivity index (χ1n) is 9.46. The zero-order valence-corrected chi connectivity index (χ0v) is 17.0. The summed E-state index contributed by atoms with van der Waals surface area (Å²) in [5.74, 6) is 2.03. The summed E-state index contributed by atoms with van der Waals surface area (Å²) in [5, 5.41) is 10.2. The summed E-state index contributed by atoms with van der Waals surface area (Å²) in [7, 11) is 1.66. The molecule has 0 radical (unpaired) electrons. The quantitative estimate of drug-likeness (QED) is 0.401. The van der Waals surface area contributed by atoms with Crippen molar-refractivity contribution in [3.05, 3.63) is 94.8 Å². The van der Waals surface area contributed by atoms with E-state index >= 15 is 0 Å². The molecule has 0 aliphatic rings. The lowest BCUT2D eigenvalue weighted by molar-refractivity contribution is 0.414. The Hall–Kier alpha value is -3.58. The van der Waals surface area contributed by atoms with Gasteiger partial charge in [-0.25, -0.2) is 4.57 Å². The molecule has 30 heavy (non-hydrogen) atoms. The van der Waals surface area contributed by atoms with Crippen molar-refractivity contribution in [2.75, 3.05) is 7.11 Å². The van der Waals surface area contributed by atoms with E-state index in [1.54, 1.807) is 23.4 Å². The standard InChI is InChI=1S/C23H18N4O2S/c1-29-18-11-7-8-16(14-18)15-30-23-25-24-22-26(17-9-3-2-4-10-17)21(28)19-12-5-6-13-20(19)27(22)23/h2-14H,15H2,1H3. The average Bonchev–Trinajstić information content (AvgIpc) is 3.22. The number of para-hydroxylation sites is 2. The zero-order valence-electron chi connectivity index (χ0n) is 16.2. The SMILES string of the molecule is COc1cccc(CSc2nnc3n(-c4ccccc4)c(=O)c4ccccc4n23)c1. The fraction of sp³-hybridized carbons (Fsp3) is 0.0870. The van der Waals surface area contributed by atoms with Gasteiger partial charge >= 0.3 is 0 Å². The highest BCUT2D eigenvalue weighted by atomic mass is 32.2. The molecule has 7 heteroatoms. The molecule has 0 aliphatic carbocycles. The lowest BCUT2D eigenvalue weighted by Crippen LogP contribution is -2.21. The van der Waals surface area contributed by atoms with E-state index < -0.39 is 0 Å². The molecule has 0 aliphatic heterocycles. The Balaban J connectivity index is 1.67. The first-order chi connectivity index (χ1) is 14.8. The highest BCUT2D eigenvalue weighted by Crippen LogP contribution is 2.26. The first-order valence-corrected chi connectivity index (χ1v) is 10.4. The van der Waals surface area contributed by atoms with Crippen LogP contribution in [-0.2, 0) is 5.75 Å². The summed E-state index contributed by atoms with van der Waals surface area (Å²) in [6.07, 6.45) is 0. The number of rotatable bonds is 5. The van der Waals surface area contributed by atoms with Gasteiger partial charge in [0.05, 0.1) is 23.7 Å². The van der Waals surface area contributed by atoms with Crippen LogP contribution in [0.1, 0.15) is 5.56 Å². The van der Waals surface area contributed by atoms with Gasteiger partial charge in [0, 0.05) is 5.75 Å². The van der Waals surface area contributed by atoms with E-state index in [0.717, 1.165) is 27.7 Å². The fourth-order valence-corrected chi connectivity index (χ4v) is 4.38. The van der Waals surface area contributed by atoms with Crippen molar-refractivity contribution >= 4 is 28.4 Å². The number of methoxy groups -OCH3 is 1. The van der Waals surface area contributed by atoms with Crippen molar-refractivity contribution < 1.29 is 4.74 Å². The van der Waals surface area contributed by atoms with Gasteiger partial charge in [0.25, 0.3) is 5.56 Å². The van der Waals surface area contributed by atoms with E-state index in [2.05, 4.69) is 16.3 Å². The maximum absolute atomic E-state index is 13.3. The number of fused-ring (bicyclic) bond motifs is 3. The third kappa shape index (κ3) is 3.13. The van der Waals surface area contributed by atoms with Crippen molar-refractivity contribution in [2.45, 2.75) is 10.9 Å². The highest BCUT2D eigenvalue weighted by molar-refractivity contribution is 7.98. The van der Waals surface area contributed by atoms with E-state index in [0.29, 0.717) is 16.9 Å². The summed E-state index contributed by atoms with van der Waals surface area (Å²) in [4.78, 5) is 13.3. The van der Waals surface area contributed by atoms with Crippen molar-refractivity contribution in [1.82, 2.24) is 19.2 Å². The maximum atomic E-state index is 13.3. The van der Waals surface area contributed by atoms with Crippen LogP contribution in [-0.4, -0.2) is 26.3 Å². The van der Waals surface area contributed by atoms with Crippen LogP contribution in [0.2, 0.25) is 0 Å². The fourth-order valence-electron chi connectivity index (χ4n) is 3.49. The van der Waals surface area contributed by atoms with E-state index in [-0.39, 0.29) is 5.56 Å². The largest absolute Gasteiger partial charge is 0.497 e. The van der Waals surface area contributed by atoms with E-state index in [1.165, 1.54) is 0 Å². The van der Waals surface area contributed by atoms with Gasteiger partial charge in [0.15, 0.2) is 5.16 Å². The van der Waals surface area contributed by atoms with Crippen LogP contribution in [0.15, 0.2) is 88.8 Å².